The monoisotopic (exact) mass is 426 g/mol. The van der Waals surface area contributed by atoms with Gasteiger partial charge in [-0.1, -0.05) is 72.8 Å². The molecule has 0 spiro atoms. The Bertz CT molecular complexity index is 1150. The molecule has 1 heterocycles. The van der Waals surface area contributed by atoms with Crippen molar-refractivity contribution < 1.29 is 14.6 Å². The Hall–Kier alpha value is -3.83. The summed E-state index contributed by atoms with van der Waals surface area (Å²) in [6.45, 7) is 4.33. The maximum absolute atomic E-state index is 9.95. The van der Waals surface area contributed by atoms with E-state index in [9.17, 15) is 4.79 Å². The van der Waals surface area contributed by atoms with Crippen LogP contribution in [0.15, 0.2) is 97.1 Å². The fraction of sp³-hybridized carbons (Fsp3) is 0.148. The maximum Gasteiger partial charge on any atom is 0.511 e. The van der Waals surface area contributed by atoms with Gasteiger partial charge in [0.2, 0.25) is 0 Å². The van der Waals surface area contributed by atoms with Gasteiger partial charge in [0.25, 0.3) is 0 Å². The lowest BCUT2D eigenvalue weighted by Gasteiger charge is -2.29. The molecule has 0 radical (unpaired) electrons. The minimum absolute atomic E-state index is 0.343. The van der Waals surface area contributed by atoms with Gasteiger partial charge in [0, 0.05) is 31.9 Å². The van der Waals surface area contributed by atoms with Crippen LogP contribution < -0.4 is 15.0 Å². The Kier molecular flexibility index (Phi) is 7.00. The van der Waals surface area contributed by atoms with Gasteiger partial charge in [-0.25, -0.2) is 4.79 Å². The van der Waals surface area contributed by atoms with Crippen molar-refractivity contribution in [1.82, 2.24) is 5.32 Å². The van der Waals surface area contributed by atoms with E-state index in [1.165, 1.54) is 27.6 Å². The highest BCUT2D eigenvalue weighted by Gasteiger charge is 2.10. The molecule has 0 unspecified atom stereocenters. The fourth-order valence-electron chi connectivity index (χ4n) is 3.84. The molecular formula is C27H26N2O3. The van der Waals surface area contributed by atoms with E-state index >= 15 is 0 Å². The molecule has 5 heteroatoms. The second-order valence-corrected chi connectivity index (χ2v) is 7.49. The largest absolute Gasteiger partial charge is 0.511 e. The van der Waals surface area contributed by atoms with Gasteiger partial charge >= 0.3 is 6.16 Å². The third-order valence-electron chi connectivity index (χ3n) is 5.40. The molecule has 0 atom stereocenters. The van der Waals surface area contributed by atoms with Gasteiger partial charge in [-0.2, -0.15) is 0 Å². The highest BCUT2D eigenvalue weighted by molar-refractivity contribution is 5.96. The molecule has 0 bridgehead atoms. The van der Waals surface area contributed by atoms with Crippen molar-refractivity contribution in [2.75, 3.05) is 31.1 Å². The summed E-state index contributed by atoms with van der Waals surface area (Å²) in [6, 6.07) is 32.5. The van der Waals surface area contributed by atoms with E-state index in [2.05, 4.69) is 81.7 Å². The van der Waals surface area contributed by atoms with Crippen LogP contribution in [0.4, 0.5) is 10.5 Å². The van der Waals surface area contributed by atoms with Gasteiger partial charge in [0.1, 0.15) is 5.75 Å². The molecule has 5 rings (SSSR count). The maximum atomic E-state index is 9.95. The number of benzene rings is 4. The number of piperazine rings is 1. The molecular weight excluding hydrogens is 400 g/mol. The number of hydrogen-bond donors (Lipinski definition) is 2. The number of para-hydroxylation sites is 1. The van der Waals surface area contributed by atoms with Crippen LogP contribution in [0.1, 0.15) is 0 Å². The molecule has 2 N–H and O–H groups in total. The second kappa shape index (κ2) is 10.5. The van der Waals surface area contributed by atoms with Crippen LogP contribution in [0.3, 0.4) is 0 Å². The third kappa shape index (κ3) is 5.45. The molecule has 32 heavy (non-hydrogen) atoms. The SMILES string of the molecule is O=C(O)Oc1ccccc1.c1ccc2c(-c3ccc(N4CCNCC4)cc3)cccc2c1. The van der Waals surface area contributed by atoms with Crippen LogP contribution in [0, 0.1) is 0 Å². The molecule has 0 amide bonds. The average Bonchev–Trinajstić information content (AvgIpc) is 2.85. The summed E-state index contributed by atoms with van der Waals surface area (Å²) >= 11 is 0. The van der Waals surface area contributed by atoms with E-state index in [0.29, 0.717) is 5.75 Å². The molecule has 1 aliphatic rings. The molecule has 4 aromatic carbocycles. The standard InChI is InChI=1S/C20H20N2.C7H6O3/c1-2-6-19-16(4-1)5-3-7-20(19)17-8-10-18(11-9-17)22-14-12-21-13-15-22;8-7(9)10-6-4-2-1-3-5-6/h1-11,21H,12-15H2;1-5H,(H,8,9). The van der Waals surface area contributed by atoms with E-state index in [0.717, 1.165) is 26.2 Å². The first-order chi connectivity index (χ1) is 15.7. The van der Waals surface area contributed by atoms with Gasteiger partial charge in [-0.15, -0.1) is 0 Å². The normalized spacial score (nSPS) is 13.2. The number of nitrogens with one attached hydrogen (secondary N) is 1. The van der Waals surface area contributed by atoms with Gasteiger partial charge in [-0.3, -0.25) is 0 Å². The summed E-state index contributed by atoms with van der Waals surface area (Å²) in [7, 11) is 0. The van der Waals surface area contributed by atoms with E-state index in [1.54, 1.807) is 30.3 Å². The highest BCUT2D eigenvalue weighted by Crippen LogP contribution is 2.30. The minimum Gasteiger partial charge on any atom is -0.449 e. The van der Waals surface area contributed by atoms with Crippen LogP contribution in [-0.4, -0.2) is 37.4 Å². The molecule has 0 saturated carbocycles. The number of fused-ring (bicyclic) bond motifs is 1. The topological polar surface area (TPSA) is 61.8 Å². The van der Waals surface area contributed by atoms with Gasteiger partial charge < -0.3 is 20.1 Å². The zero-order valence-electron chi connectivity index (χ0n) is 17.8. The second-order valence-electron chi connectivity index (χ2n) is 7.49. The third-order valence-corrected chi connectivity index (χ3v) is 5.40. The van der Waals surface area contributed by atoms with Crippen molar-refractivity contribution >= 4 is 22.6 Å². The minimum atomic E-state index is -1.29. The van der Waals surface area contributed by atoms with Crippen molar-refractivity contribution in [3.8, 4) is 16.9 Å². The van der Waals surface area contributed by atoms with Crippen LogP contribution in [0.5, 0.6) is 5.75 Å². The lowest BCUT2D eigenvalue weighted by atomic mass is 9.98. The Morgan fingerprint density at radius 1 is 0.781 bits per heavy atom. The summed E-state index contributed by atoms with van der Waals surface area (Å²) in [4.78, 5) is 12.4. The average molecular weight is 427 g/mol. The Morgan fingerprint density at radius 2 is 1.44 bits per heavy atom. The van der Waals surface area contributed by atoms with Gasteiger partial charge in [0.05, 0.1) is 0 Å². The van der Waals surface area contributed by atoms with Gasteiger partial charge in [0.15, 0.2) is 0 Å². The lowest BCUT2D eigenvalue weighted by Crippen LogP contribution is -2.43. The number of nitrogens with zero attached hydrogens (tertiary/aromatic N) is 1. The number of anilines is 1. The number of carboxylic acid groups (broad SMARTS) is 1. The molecule has 162 valence electrons. The number of rotatable bonds is 3. The van der Waals surface area contributed by atoms with E-state index in [4.69, 9.17) is 5.11 Å². The number of carbonyl (C=O) groups is 1. The Balaban J connectivity index is 0.000000207. The predicted molar refractivity (Wildman–Crippen MR) is 130 cm³/mol. The van der Waals surface area contributed by atoms with Crippen molar-refractivity contribution in [1.29, 1.82) is 0 Å². The molecule has 1 saturated heterocycles. The first-order valence-electron chi connectivity index (χ1n) is 10.7. The first-order valence-corrected chi connectivity index (χ1v) is 10.7. The van der Waals surface area contributed by atoms with Crippen LogP contribution in [0.2, 0.25) is 0 Å². The lowest BCUT2D eigenvalue weighted by molar-refractivity contribution is 0.144. The predicted octanol–water partition coefficient (Wildman–Crippen LogP) is 5.66. The van der Waals surface area contributed by atoms with Crippen molar-refractivity contribution in [2.24, 2.45) is 0 Å². The smallest absolute Gasteiger partial charge is 0.449 e. The van der Waals surface area contributed by atoms with E-state index < -0.39 is 6.16 Å². The molecule has 0 aliphatic carbocycles. The van der Waals surface area contributed by atoms with Crippen LogP contribution in [0.25, 0.3) is 21.9 Å². The quantitative estimate of drug-likeness (QED) is 0.327. The molecule has 4 aromatic rings. The summed E-state index contributed by atoms with van der Waals surface area (Å²) in [5, 5.41) is 14.2. The summed E-state index contributed by atoms with van der Waals surface area (Å²) in [5.41, 5.74) is 3.92. The van der Waals surface area contributed by atoms with Gasteiger partial charge in [-0.05, 0) is 46.2 Å². The van der Waals surface area contributed by atoms with Crippen LogP contribution in [-0.2, 0) is 0 Å². The first kappa shape index (κ1) is 21.4. The molecule has 1 aliphatic heterocycles. The number of ether oxygens (including phenoxy) is 1. The molecule has 0 aromatic heterocycles. The van der Waals surface area contributed by atoms with E-state index in [-0.39, 0.29) is 0 Å². The number of hydrogen-bond acceptors (Lipinski definition) is 4. The summed E-state index contributed by atoms with van der Waals surface area (Å²) in [5.74, 6) is 0.343. The van der Waals surface area contributed by atoms with Crippen molar-refractivity contribution in [3.05, 3.63) is 97.1 Å². The van der Waals surface area contributed by atoms with E-state index in [1.807, 2.05) is 0 Å². The zero-order chi connectivity index (χ0) is 22.2. The Labute approximate surface area is 187 Å². The Morgan fingerprint density at radius 3 is 2.16 bits per heavy atom. The summed E-state index contributed by atoms with van der Waals surface area (Å²) < 4.78 is 4.33. The highest BCUT2D eigenvalue weighted by atomic mass is 16.7. The van der Waals surface area contributed by atoms with Crippen LogP contribution >= 0.6 is 0 Å². The zero-order valence-corrected chi connectivity index (χ0v) is 17.8. The molecule has 5 nitrogen and oxygen atoms in total. The van der Waals surface area contributed by atoms with Crippen molar-refractivity contribution in [2.45, 2.75) is 0 Å². The van der Waals surface area contributed by atoms with Crippen molar-refractivity contribution in [3.63, 3.8) is 0 Å². The summed E-state index contributed by atoms with van der Waals surface area (Å²) in [6.07, 6.45) is -1.29. The fourth-order valence-corrected chi connectivity index (χ4v) is 3.84. The molecule has 1 fully saturated rings.